The summed E-state index contributed by atoms with van der Waals surface area (Å²) in [7, 11) is 0. The zero-order valence-electron chi connectivity index (χ0n) is 9.19. The van der Waals surface area contributed by atoms with Crippen LogP contribution in [0.1, 0.15) is 17.4 Å². The van der Waals surface area contributed by atoms with Crippen molar-refractivity contribution in [2.45, 2.75) is 12.8 Å². The van der Waals surface area contributed by atoms with Crippen molar-refractivity contribution in [3.8, 4) is 5.75 Å². The highest BCUT2D eigenvalue weighted by molar-refractivity contribution is 5.36. The molecule has 1 atom stereocenters. The summed E-state index contributed by atoms with van der Waals surface area (Å²) in [6.07, 6.45) is -0.203. The van der Waals surface area contributed by atoms with Gasteiger partial charge in [-0.15, -0.1) is 0 Å². The minimum atomic E-state index is -0.232. The van der Waals surface area contributed by atoms with Gasteiger partial charge < -0.3 is 4.74 Å². The Morgan fingerprint density at radius 3 is 2.65 bits per heavy atom. The minimum absolute atomic E-state index is 0.203. The first-order valence-corrected chi connectivity index (χ1v) is 5.56. The van der Waals surface area contributed by atoms with Gasteiger partial charge in [0.25, 0.3) is 0 Å². The molecule has 0 fully saturated rings. The molecule has 1 aliphatic heterocycles. The van der Waals surface area contributed by atoms with E-state index in [9.17, 15) is 4.39 Å². The Bertz CT molecular complexity index is 524. The molecule has 0 spiro atoms. The molecule has 1 unspecified atom stereocenters. The molecule has 0 bridgehead atoms. The normalized spacial score (nSPS) is 18.3. The van der Waals surface area contributed by atoms with Gasteiger partial charge in [0.2, 0.25) is 0 Å². The molecule has 2 aromatic rings. The van der Waals surface area contributed by atoms with Crippen LogP contribution in [0.25, 0.3) is 0 Å². The van der Waals surface area contributed by atoms with Crippen molar-refractivity contribution >= 4 is 0 Å². The molecule has 1 N–H and O–H groups in total. The molecule has 86 valence electrons. The first-order chi connectivity index (χ1) is 8.33. The third-order valence-corrected chi connectivity index (χ3v) is 2.87. The minimum Gasteiger partial charge on any atom is -0.471 e. The lowest BCUT2D eigenvalue weighted by Gasteiger charge is -2.27. The lowest BCUT2D eigenvalue weighted by molar-refractivity contribution is 0.144. The number of ether oxygens (including phenoxy) is 1. The second-order valence-electron chi connectivity index (χ2n) is 4.04. The summed E-state index contributed by atoms with van der Waals surface area (Å²) in [5, 5.41) is 3.27. The zero-order chi connectivity index (χ0) is 11.7. The van der Waals surface area contributed by atoms with Gasteiger partial charge in [-0.1, -0.05) is 30.3 Å². The highest BCUT2D eigenvalue weighted by atomic mass is 19.1. The fourth-order valence-corrected chi connectivity index (χ4v) is 1.96. The molecule has 1 aliphatic rings. The number of para-hydroxylation sites is 1. The van der Waals surface area contributed by atoms with E-state index in [-0.39, 0.29) is 12.0 Å². The number of rotatable bonds is 1. The predicted octanol–water partition coefficient (Wildman–Crippen LogP) is 3.01. The number of hydrogen-bond acceptors (Lipinski definition) is 2. The van der Waals surface area contributed by atoms with Gasteiger partial charge in [-0.25, -0.2) is 4.39 Å². The highest BCUT2D eigenvalue weighted by Crippen LogP contribution is 2.28. The van der Waals surface area contributed by atoms with Crippen molar-refractivity contribution in [1.29, 1.82) is 0 Å². The second-order valence-corrected chi connectivity index (χ2v) is 4.04. The van der Waals surface area contributed by atoms with Gasteiger partial charge in [-0.05, 0) is 18.2 Å². The summed E-state index contributed by atoms with van der Waals surface area (Å²) in [5.41, 5.74) is 2.08. The molecular weight excluding hydrogens is 217 g/mol. The molecule has 3 rings (SSSR count). The fourth-order valence-electron chi connectivity index (χ4n) is 1.96. The number of hydrogen-bond donors (Lipinski definition) is 1. The van der Waals surface area contributed by atoms with E-state index < -0.39 is 0 Å². The van der Waals surface area contributed by atoms with E-state index in [0.29, 0.717) is 0 Å². The van der Waals surface area contributed by atoms with E-state index in [4.69, 9.17) is 4.74 Å². The Kier molecular flexibility index (Phi) is 2.53. The molecule has 0 amide bonds. The van der Waals surface area contributed by atoms with Gasteiger partial charge >= 0.3 is 0 Å². The molecule has 1 heterocycles. The van der Waals surface area contributed by atoms with E-state index in [0.717, 1.165) is 23.4 Å². The van der Waals surface area contributed by atoms with E-state index in [1.54, 1.807) is 12.1 Å². The van der Waals surface area contributed by atoms with Crippen molar-refractivity contribution < 1.29 is 9.13 Å². The predicted molar refractivity (Wildman–Crippen MR) is 63.1 cm³/mol. The van der Waals surface area contributed by atoms with Crippen LogP contribution in [0.4, 0.5) is 4.39 Å². The van der Waals surface area contributed by atoms with Crippen LogP contribution >= 0.6 is 0 Å². The Morgan fingerprint density at radius 2 is 1.82 bits per heavy atom. The maximum atomic E-state index is 12.8. The lowest BCUT2D eigenvalue weighted by atomic mass is 10.1. The van der Waals surface area contributed by atoms with Crippen LogP contribution in [0.15, 0.2) is 48.5 Å². The van der Waals surface area contributed by atoms with E-state index in [1.165, 1.54) is 12.1 Å². The largest absolute Gasteiger partial charge is 0.471 e. The van der Waals surface area contributed by atoms with Crippen LogP contribution < -0.4 is 10.1 Å². The first-order valence-electron chi connectivity index (χ1n) is 5.56. The third kappa shape index (κ3) is 2.01. The molecule has 0 saturated carbocycles. The fraction of sp³-hybridized carbons (Fsp3) is 0.143. The number of halogens is 1. The monoisotopic (exact) mass is 229 g/mol. The second kappa shape index (κ2) is 4.18. The summed E-state index contributed by atoms with van der Waals surface area (Å²) >= 11 is 0. The van der Waals surface area contributed by atoms with Gasteiger partial charge in [0.1, 0.15) is 11.6 Å². The van der Waals surface area contributed by atoms with Crippen molar-refractivity contribution in [3.05, 3.63) is 65.5 Å². The smallest absolute Gasteiger partial charge is 0.176 e. The Labute approximate surface area is 99.0 Å². The first kappa shape index (κ1) is 10.3. The maximum Gasteiger partial charge on any atom is 0.176 e. The standard InChI is InChI=1S/C14H12FNO/c15-12-7-5-10(6-8-12)14-16-9-11-3-1-2-4-13(11)17-14/h1-8,14,16H,9H2. The van der Waals surface area contributed by atoms with Crippen molar-refractivity contribution in [1.82, 2.24) is 5.32 Å². The average Bonchev–Trinajstić information content (AvgIpc) is 2.39. The van der Waals surface area contributed by atoms with Gasteiger partial charge in [0, 0.05) is 17.7 Å². The highest BCUT2D eigenvalue weighted by Gasteiger charge is 2.19. The van der Waals surface area contributed by atoms with Crippen LogP contribution in [0.5, 0.6) is 5.75 Å². The van der Waals surface area contributed by atoms with Crippen LogP contribution in [0, 0.1) is 5.82 Å². The van der Waals surface area contributed by atoms with E-state index in [1.807, 2.05) is 24.3 Å². The molecule has 0 aliphatic carbocycles. The van der Waals surface area contributed by atoms with Crippen LogP contribution in [-0.2, 0) is 6.54 Å². The van der Waals surface area contributed by atoms with Crippen molar-refractivity contribution in [3.63, 3.8) is 0 Å². The molecule has 3 heteroatoms. The molecule has 0 saturated heterocycles. The Hall–Kier alpha value is -1.87. The number of fused-ring (bicyclic) bond motifs is 1. The average molecular weight is 229 g/mol. The van der Waals surface area contributed by atoms with Crippen LogP contribution in [0.3, 0.4) is 0 Å². The Balaban J connectivity index is 1.86. The Morgan fingerprint density at radius 1 is 1.06 bits per heavy atom. The molecular formula is C14H12FNO. The van der Waals surface area contributed by atoms with Crippen molar-refractivity contribution in [2.75, 3.05) is 0 Å². The number of benzene rings is 2. The lowest BCUT2D eigenvalue weighted by Crippen LogP contribution is -2.30. The van der Waals surface area contributed by atoms with Gasteiger partial charge in [0.15, 0.2) is 6.23 Å². The third-order valence-electron chi connectivity index (χ3n) is 2.87. The summed E-state index contributed by atoms with van der Waals surface area (Å²) in [5.74, 6) is 0.658. The van der Waals surface area contributed by atoms with Gasteiger partial charge in [-0.3, -0.25) is 5.32 Å². The molecule has 17 heavy (non-hydrogen) atoms. The van der Waals surface area contributed by atoms with Gasteiger partial charge in [-0.2, -0.15) is 0 Å². The molecule has 2 aromatic carbocycles. The van der Waals surface area contributed by atoms with Crippen molar-refractivity contribution in [2.24, 2.45) is 0 Å². The van der Waals surface area contributed by atoms with E-state index in [2.05, 4.69) is 5.32 Å². The maximum absolute atomic E-state index is 12.8. The molecule has 2 nitrogen and oxygen atoms in total. The summed E-state index contributed by atoms with van der Waals surface area (Å²) in [6, 6.07) is 14.3. The van der Waals surface area contributed by atoms with Crippen LogP contribution in [-0.4, -0.2) is 0 Å². The van der Waals surface area contributed by atoms with E-state index >= 15 is 0 Å². The zero-order valence-corrected chi connectivity index (χ0v) is 9.19. The summed E-state index contributed by atoms with van der Waals surface area (Å²) in [4.78, 5) is 0. The summed E-state index contributed by atoms with van der Waals surface area (Å²) < 4.78 is 18.7. The topological polar surface area (TPSA) is 21.3 Å². The van der Waals surface area contributed by atoms with Crippen LogP contribution in [0.2, 0.25) is 0 Å². The molecule has 0 aromatic heterocycles. The number of nitrogens with one attached hydrogen (secondary N) is 1. The molecule has 0 radical (unpaired) electrons. The SMILES string of the molecule is Fc1ccc(C2NCc3ccccc3O2)cc1. The summed E-state index contributed by atoms with van der Waals surface area (Å²) in [6.45, 7) is 0.762. The van der Waals surface area contributed by atoms with Gasteiger partial charge in [0.05, 0.1) is 0 Å². The quantitative estimate of drug-likeness (QED) is 0.811.